The highest BCUT2D eigenvalue weighted by Crippen LogP contribution is 2.44. The fourth-order valence-corrected chi connectivity index (χ4v) is 7.48. The minimum Gasteiger partial charge on any atom is -0.487 e. The van der Waals surface area contributed by atoms with E-state index < -0.39 is 46.7 Å². The van der Waals surface area contributed by atoms with Gasteiger partial charge in [0.25, 0.3) is 0 Å². The van der Waals surface area contributed by atoms with Crippen molar-refractivity contribution in [3.8, 4) is 17.2 Å². The molecule has 1 saturated carbocycles. The molecule has 312 valence electrons. The number of carbonyl (C=O) groups is 2. The number of hydrogen-bond donors (Lipinski definition) is 2. The quantitative estimate of drug-likeness (QED) is 0.119. The van der Waals surface area contributed by atoms with E-state index in [-0.39, 0.29) is 67.3 Å². The van der Waals surface area contributed by atoms with Crippen LogP contribution in [0.3, 0.4) is 0 Å². The number of piperidine rings is 1. The molecular weight excluding hydrogens is 780 g/mol. The van der Waals surface area contributed by atoms with Gasteiger partial charge < -0.3 is 43.5 Å². The molecule has 3 aliphatic rings. The second kappa shape index (κ2) is 19.0. The van der Waals surface area contributed by atoms with Crippen LogP contribution in [0.2, 0.25) is 0 Å². The zero-order valence-electron chi connectivity index (χ0n) is 32.7. The maximum absolute atomic E-state index is 15.1. The molecule has 0 spiro atoms. The number of hydrogen-bond acceptors (Lipinski definition) is 11. The number of nitrogens with zero attached hydrogens (tertiary/aromatic N) is 3. The van der Waals surface area contributed by atoms with Gasteiger partial charge in [-0.3, -0.25) is 4.79 Å². The first-order valence-corrected chi connectivity index (χ1v) is 21.9. The van der Waals surface area contributed by atoms with Crippen LogP contribution in [0.15, 0.2) is 36.4 Å². The van der Waals surface area contributed by atoms with Crippen molar-refractivity contribution >= 4 is 45.7 Å². The maximum atomic E-state index is 15.1. The molecular formula is C38H54F3N3O10S2+2. The summed E-state index contributed by atoms with van der Waals surface area (Å²) in [6, 6.07) is 9.50. The first kappa shape index (κ1) is 43.8. The molecule has 4 atom stereocenters. The predicted molar refractivity (Wildman–Crippen MR) is 210 cm³/mol. The molecule has 1 aliphatic carbocycles. The number of fused-ring (bicyclic) bond motifs is 1. The van der Waals surface area contributed by atoms with Gasteiger partial charge in [-0.05, 0) is 99.2 Å². The van der Waals surface area contributed by atoms with Crippen LogP contribution in [-0.4, -0.2) is 122 Å². The minimum absolute atomic E-state index is 0.0369. The highest BCUT2D eigenvalue weighted by molar-refractivity contribution is 7.95. The fraction of sp³-hybridized carbons (Fsp3) is 0.632. The summed E-state index contributed by atoms with van der Waals surface area (Å²) in [5.41, 5.74) is -4.19. The van der Waals surface area contributed by atoms with E-state index in [1.54, 1.807) is 51.0 Å². The molecule has 1 saturated heterocycles. The summed E-state index contributed by atoms with van der Waals surface area (Å²) in [7, 11) is 1.74. The lowest BCUT2D eigenvalue weighted by molar-refractivity contribution is -0.124. The number of halogens is 3. The summed E-state index contributed by atoms with van der Waals surface area (Å²) >= 11 is -3.42. The van der Waals surface area contributed by atoms with E-state index in [0.29, 0.717) is 48.9 Å². The van der Waals surface area contributed by atoms with Gasteiger partial charge in [-0.25, -0.2) is 8.98 Å². The Morgan fingerprint density at radius 1 is 1.04 bits per heavy atom. The smallest absolute Gasteiger partial charge is 0.487 e. The number of methoxy groups -OCH3 is 1. The number of anilines is 2. The molecule has 2 N–H and O–H groups in total. The van der Waals surface area contributed by atoms with Crippen LogP contribution in [0.5, 0.6) is 17.2 Å². The molecule has 2 aliphatic heterocycles. The van der Waals surface area contributed by atoms with Crippen molar-refractivity contribution in [2.45, 2.75) is 75.8 Å². The van der Waals surface area contributed by atoms with E-state index in [9.17, 15) is 27.6 Å². The van der Waals surface area contributed by atoms with Crippen molar-refractivity contribution < 1.29 is 60.3 Å². The Labute approximate surface area is 332 Å². The number of aliphatic hydroxyl groups is 1. The van der Waals surface area contributed by atoms with Gasteiger partial charge in [0.2, 0.25) is 5.91 Å². The molecule has 2 aromatic rings. The maximum Gasteiger partial charge on any atom is 0.654 e. The monoisotopic (exact) mass is 833 g/mol. The molecule has 18 heteroatoms. The number of alkyl halides is 3. The van der Waals surface area contributed by atoms with Crippen molar-refractivity contribution in [1.82, 2.24) is 4.90 Å². The van der Waals surface area contributed by atoms with E-state index in [4.69, 9.17) is 27.9 Å². The molecule has 13 nitrogen and oxygen atoms in total. The third kappa shape index (κ3) is 11.9. The van der Waals surface area contributed by atoms with Crippen LogP contribution in [0.1, 0.15) is 57.9 Å². The zero-order valence-corrected chi connectivity index (χ0v) is 34.3. The molecule has 2 unspecified atom stereocenters. The Morgan fingerprint density at radius 2 is 1.77 bits per heavy atom. The lowest BCUT2D eigenvalue weighted by atomic mass is 9.79. The molecule has 0 bridgehead atoms. The fourth-order valence-electron chi connectivity index (χ4n) is 6.66. The van der Waals surface area contributed by atoms with Crippen molar-refractivity contribution in [2.24, 2.45) is 5.92 Å². The number of aliphatic hydroxyl groups excluding tert-OH is 1. The van der Waals surface area contributed by atoms with E-state index in [0.717, 1.165) is 18.6 Å². The first-order valence-electron chi connectivity index (χ1n) is 18.5. The normalized spacial score (nSPS) is 20.6. The summed E-state index contributed by atoms with van der Waals surface area (Å²) in [5.74, 6) is -0.595. The molecule has 56 heavy (non-hydrogen) atoms. The second-order valence-corrected chi connectivity index (χ2v) is 18.7. The van der Waals surface area contributed by atoms with Crippen LogP contribution in [0, 0.1) is 5.92 Å². The van der Waals surface area contributed by atoms with Crippen LogP contribution in [0.4, 0.5) is 29.3 Å². The van der Waals surface area contributed by atoms with Gasteiger partial charge in [-0.1, -0.05) is 0 Å². The van der Waals surface area contributed by atoms with Crippen molar-refractivity contribution in [3.05, 3.63) is 42.0 Å². The lowest BCUT2D eigenvalue weighted by Gasteiger charge is -2.41. The van der Waals surface area contributed by atoms with E-state index in [2.05, 4.69) is 12.5 Å². The molecule has 0 radical (unpaired) electrons. The zero-order chi connectivity index (χ0) is 40.8. The SMILES string of the molecule is COCCCN1c2cc(N(C(=O)[C@H]3CN(C(=O)OC(C)(C)C)CC[C@@H]3c3cc(OCOCC[S+](C)C)cc(O[S+](O)C(F)(F)F)c3)C3CC3)ccc2OCC1O. The Hall–Kier alpha value is -3.29. The number of ether oxygens (including phenoxy) is 5. The number of amides is 2. The molecule has 2 amide bonds. The Morgan fingerprint density at radius 3 is 2.43 bits per heavy atom. The number of carbonyl (C=O) groups excluding carboxylic acids is 2. The number of benzene rings is 2. The average Bonchev–Trinajstić information content (AvgIpc) is 3.96. The lowest BCUT2D eigenvalue weighted by Crippen LogP contribution is -2.51. The van der Waals surface area contributed by atoms with Gasteiger partial charge in [0, 0.05) is 51.1 Å². The van der Waals surface area contributed by atoms with Crippen LogP contribution < -0.4 is 23.5 Å². The van der Waals surface area contributed by atoms with Crippen LogP contribution in [-0.2, 0) is 41.4 Å². The van der Waals surface area contributed by atoms with Gasteiger partial charge >= 0.3 is 23.1 Å². The van der Waals surface area contributed by atoms with E-state index in [1.807, 2.05) is 11.0 Å². The minimum atomic E-state index is -5.03. The standard InChI is InChI=1S/C38H54F3N3O10S2/c1-37(2,3)53-36(47)42-14-12-30(25-18-28(52-24-50-16-17-55(5)6)21-29(19-25)54-56(48)38(39,40)41)31(22-42)35(46)44(26-8-9-26)27-10-11-33-32(20-27)43(13-7-15-49-4)34(45)23-51-33/h10-11,18-21,26,30-31,34,45,48H,7-9,12-17,22-24H2,1-6H3/q+2/t30-,31+,34?,56?/m1/s1. The Bertz CT molecular complexity index is 1640. The largest absolute Gasteiger partial charge is 0.654 e. The first-order chi connectivity index (χ1) is 26.4. The van der Waals surface area contributed by atoms with Gasteiger partial charge in [-0.2, -0.15) is 0 Å². The number of rotatable bonds is 16. The van der Waals surface area contributed by atoms with Crippen molar-refractivity contribution in [2.75, 3.05) is 81.4 Å². The van der Waals surface area contributed by atoms with Gasteiger partial charge in [0.15, 0.2) is 18.8 Å². The topological polar surface area (TPSA) is 140 Å². The summed E-state index contributed by atoms with van der Waals surface area (Å²) in [6.45, 7) is 6.70. The Kier molecular flexibility index (Phi) is 14.9. The molecule has 2 aromatic carbocycles. The molecule has 5 rings (SSSR count). The highest BCUT2D eigenvalue weighted by Gasteiger charge is 2.57. The second-order valence-electron chi connectivity index (χ2n) is 15.2. The summed E-state index contributed by atoms with van der Waals surface area (Å²) in [4.78, 5) is 33.5. The van der Waals surface area contributed by atoms with E-state index >= 15 is 4.79 Å². The summed E-state index contributed by atoms with van der Waals surface area (Å²) in [6.07, 6.45) is 5.02. The molecule has 2 heterocycles. The molecule has 0 aromatic heterocycles. The van der Waals surface area contributed by atoms with Crippen LogP contribution in [0.25, 0.3) is 0 Å². The van der Waals surface area contributed by atoms with Gasteiger partial charge in [0.1, 0.15) is 29.5 Å². The van der Waals surface area contributed by atoms with Crippen LogP contribution >= 0.6 is 0 Å². The number of likely N-dealkylation sites (tertiary alicyclic amines) is 1. The summed E-state index contributed by atoms with van der Waals surface area (Å²) in [5, 5.41) is 10.9. The highest BCUT2D eigenvalue weighted by atomic mass is 32.2. The summed E-state index contributed by atoms with van der Waals surface area (Å²) < 4.78 is 83.4. The van der Waals surface area contributed by atoms with E-state index in [1.165, 1.54) is 17.0 Å². The van der Waals surface area contributed by atoms with Gasteiger partial charge in [0.05, 0.1) is 30.7 Å². The predicted octanol–water partition coefficient (Wildman–Crippen LogP) is 5.91. The van der Waals surface area contributed by atoms with Gasteiger partial charge in [-0.15, -0.1) is 17.7 Å². The molecule has 2 fully saturated rings. The Balaban J connectivity index is 1.52. The third-order valence-corrected chi connectivity index (χ3v) is 11.1. The van der Waals surface area contributed by atoms with Crippen molar-refractivity contribution in [1.29, 1.82) is 0 Å². The average molecular weight is 834 g/mol. The third-order valence-electron chi connectivity index (χ3n) is 9.40. The van der Waals surface area contributed by atoms with Crippen molar-refractivity contribution in [3.63, 3.8) is 0 Å².